The van der Waals surface area contributed by atoms with Crippen molar-refractivity contribution in [1.29, 1.82) is 0 Å². The van der Waals surface area contributed by atoms with Gasteiger partial charge in [-0.2, -0.15) is 0 Å². The van der Waals surface area contributed by atoms with E-state index in [1.807, 2.05) is 30.3 Å². The Labute approximate surface area is 195 Å². The lowest BCUT2D eigenvalue weighted by molar-refractivity contribution is -0.108. The van der Waals surface area contributed by atoms with E-state index in [0.29, 0.717) is 10.8 Å². The standard InChI is InChI=1S/C25H27BrN2O2S/c1-25(2,3)18-6-9-20-16(13-18)12-17-14-22(31-24(17)28-20)23(30)27-21(10-11-29)15-4-7-19(26)8-5-15/h4-5,7-8,11-12,14,18,21H,6,9-10,13H2,1-3H3,(H,27,30)/t18-,21?/m0/s1. The summed E-state index contributed by atoms with van der Waals surface area (Å²) < 4.78 is 0.959. The lowest BCUT2D eigenvalue weighted by Gasteiger charge is -2.34. The monoisotopic (exact) mass is 498 g/mol. The number of nitrogens with zero attached hydrogens (tertiary/aromatic N) is 1. The summed E-state index contributed by atoms with van der Waals surface area (Å²) in [7, 11) is 0. The van der Waals surface area contributed by atoms with Crippen LogP contribution in [0.15, 0.2) is 40.9 Å². The van der Waals surface area contributed by atoms with E-state index in [9.17, 15) is 9.59 Å². The molecule has 2 atom stereocenters. The number of aldehydes is 1. The fourth-order valence-electron chi connectivity index (χ4n) is 4.27. The first-order valence-electron chi connectivity index (χ1n) is 10.7. The van der Waals surface area contributed by atoms with Crippen molar-refractivity contribution in [2.75, 3.05) is 0 Å². The van der Waals surface area contributed by atoms with Crippen molar-refractivity contribution in [3.8, 4) is 0 Å². The molecule has 1 aliphatic rings. The van der Waals surface area contributed by atoms with Gasteiger partial charge in [0, 0.05) is 22.0 Å². The van der Waals surface area contributed by atoms with Gasteiger partial charge >= 0.3 is 0 Å². The van der Waals surface area contributed by atoms with Crippen molar-refractivity contribution in [2.45, 2.75) is 52.5 Å². The number of aryl methyl sites for hydroxylation is 1. The van der Waals surface area contributed by atoms with Crippen LogP contribution in [0.2, 0.25) is 0 Å². The van der Waals surface area contributed by atoms with Crippen molar-refractivity contribution in [2.24, 2.45) is 11.3 Å². The molecule has 0 bridgehead atoms. The van der Waals surface area contributed by atoms with Gasteiger partial charge in [-0.3, -0.25) is 4.79 Å². The normalized spacial score (nSPS) is 17.2. The summed E-state index contributed by atoms with van der Waals surface area (Å²) in [4.78, 5) is 30.6. The Balaban J connectivity index is 1.57. The lowest BCUT2D eigenvalue weighted by atomic mass is 9.71. The third kappa shape index (κ3) is 4.90. The Hall–Kier alpha value is -2.05. The Kier molecular flexibility index (Phi) is 6.31. The van der Waals surface area contributed by atoms with Crippen molar-refractivity contribution >= 4 is 49.7 Å². The number of hydrogen-bond donors (Lipinski definition) is 1. The predicted molar refractivity (Wildman–Crippen MR) is 130 cm³/mol. The average molecular weight is 499 g/mol. The number of fused-ring (bicyclic) bond motifs is 2. The van der Waals surface area contributed by atoms with E-state index in [2.05, 4.69) is 48.1 Å². The first-order chi connectivity index (χ1) is 14.7. The minimum absolute atomic E-state index is 0.164. The number of rotatable bonds is 5. The van der Waals surface area contributed by atoms with E-state index < -0.39 is 0 Å². The number of nitrogens with one attached hydrogen (secondary N) is 1. The summed E-state index contributed by atoms with van der Waals surface area (Å²) in [5, 5.41) is 4.05. The van der Waals surface area contributed by atoms with Crippen molar-refractivity contribution in [1.82, 2.24) is 10.3 Å². The average Bonchev–Trinajstić information content (AvgIpc) is 3.14. The van der Waals surface area contributed by atoms with Crippen LogP contribution in [0.1, 0.15) is 66.1 Å². The predicted octanol–water partition coefficient (Wildman–Crippen LogP) is 6.27. The minimum Gasteiger partial charge on any atom is -0.344 e. The van der Waals surface area contributed by atoms with Crippen LogP contribution in [0.25, 0.3) is 10.2 Å². The molecule has 0 fully saturated rings. The largest absolute Gasteiger partial charge is 0.344 e. The molecule has 4 nitrogen and oxygen atoms in total. The van der Waals surface area contributed by atoms with Gasteiger partial charge in [-0.1, -0.05) is 48.8 Å². The first-order valence-corrected chi connectivity index (χ1v) is 12.3. The molecule has 1 amide bonds. The molecule has 1 aromatic carbocycles. The van der Waals surface area contributed by atoms with Crippen molar-refractivity contribution in [3.63, 3.8) is 0 Å². The number of amides is 1. The van der Waals surface area contributed by atoms with Gasteiger partial charge in [0.15, 0.2) is 0 Å². The summed E-state index contributed by atoms with van der Waals surface area (Å²) in [5.74, 6) is 0.485. The molecule has 1 unspecified atom stereocenters. The van der Waals surface area contributed by atoms with Crippen LogP contribution in [0, 0.1) is 11.3 Å². The summed E-state index contributed by atoms with van der Waals surface area (Å²) in [6.45, 7) is 6.93. The summed E-state index contributed by atoms with van der Waals surface area (Å²) in [5.41, 5.74) is 3.69. The molecule has 6 heteroatoms. The van der Waals surface area contributed by atoms with Crippen LogP contribution in [-0.4, -0.2) is 17.2 Å². The summed E-state index contributed by atoms with van der Waals surface area (Å²) >= 11 is 4.84. The molecule has 31 heavy (non-hydrogen) atoms. The topological polar surface area (TPSA) is 59.1 Å². The van der Waals surface area contributed by atoms with Crippen LogP contribution in [0.4, 0.5) is 0 Å². The molecule has 0 saturated carbocycles. The highest BCUT2D eigenvalue weighted by Crippen LogP contribution is 2.38. The second-order valence-electron chi connectivity index (χ2n) is 9.38. The zero-order valence-electron chi connectivity index (χ0n) is 18.1. The minimum atomic E-state index is -0.350. The van der Waals surface area contributed by atoms with E-state index in [-0.39, 0.29) is 23.8 Å². The Morgan fingerprint density at radius 2 is 2.03 bits per heavy atom. The van der Waals surface area contributed by atoms with Crippen molar-refractivity contribution in [3.05, 3.63) is 62.6 Å². The maximum atomic E-state index is 13.0. The molecule has 0 spiro atoms. The number of thiophene rings is 1. The second-order valence-corrected chi connectivity index (χ2v) is 11.3. The molecular formula is C25H27BrN2O2S. The van der Waals surface area contributed by atoms with Gasteiger partial charge < -0.3 is 10.1 Å². The molecule has 162 valence electrons. The van der Waals surface area contributed by atoms with Crippen LogP contribution < -0.4 is 5.32 Å². The highest BCUT2D eigenvalue weighted by atomic mass is 79.9. The van der Waals surface area contributed by atoms with Crippen LogP contribution in [0.3, 0.4) is 0 Å². The van der Waals surface area contributed by atoms with Gasteiger partial charge in [-0.05, 0) is 66.0 Å². The Morgan fingerprint density at radius 1 is 1.29 bits per heavy atom. The molecular weight excluding hydrogens is 472 g/mol. The molecule has 0 radical (unpaired) electrons. The molecule has 0 saturated heterocycles. The Bertz CT molecular complexity index is 1110. The SMILES string of the molecule is CC(C)(C)[C@H]1CCc2nc3sc(C(=O)NC(CC=O)c4ccc(Br)cc4)cc3cc2C1. The van der Waals surface area contributed by atoms with E-state index in [4.69, 9.17) is 4.98 Å². The zero-order chi connectivity index (χ0) is 22.2. The molecule has 2 heterocycles. The Morgan fingerprint density at radius 3 is 2.71 bits per heavy atom. The summed E-state index contributed by atoms with van der Waals surface area (Å²) in [6.07, 6.45) is 4.29. The smallest absolute Gasteiger partial charge is 0.261 e. The molecule has 4 rings (SSSR count). The second kappa shape index (κ2) is 8.83. The fourth-order valence-corrected chi connectivity index (χ4v) is 5.48. The van der Waals surface area contributed by atoms with E-state index >= 15 is 0 Å². The van der Waals surface area contributed by atoms with E-state index in [1.165, 1.54) is 22.6 Å². The highest BCUT2D eigenvalue weighted by molar-refractivity contribution is 9.10. The van der Waals surface area contributed by atoms with Gasteiger partial charge in [0.2, 0.25) is 0 Å². The number of hydrogen-bond acceptors (Lipinski definition) is 4. The molecule has 3 aromatic rings. The molecule has 0 aliphatic heterocycles. The molecule has 1 N–H and O–H groups in total. The number of benzene rings is 1. The third-order valence-corrected chi connectivity index (χ3v) is 7.80. The lowest BCUT2D eigenvalue weighted by Crippen LogP contribution is -2.28. The van der Waals surface area contributed by atoms with Gasteiger partial charge in [0.1, 0.15) is 11.1 Å². The molecule has 2 aromatic heterocycles. The first kappa shape index (κ1) is 22.2. The number of carbonyl (C=O) groups excluding carboxylic acids is 2. The van der Waals surface area contributed by atoms with Gasteiger partial charge in [-0.15, -0.1) is 11.3 Å². The van der Waals surface area contributed by atoms with Crippen molar-refractivity contribution < 1.29 is 9.59 Å². The number of pyridine rings is 1. The fraction of sp³-hybridized carbons (Fsp3) is 0.400. The summed E-state index contributed by atoms with van der Waals surface area (Å²) in [6, 6.07) is 11.5. The number of aromatic nitrogens is 1. The molecule has 1 aliphatic carbocycles. The quantitative estimate of drug-likeness (QED) is 0.421. The van der Waals surface area contributed by atoms with Crippen LogP contribution in [-0.2, 0) is 17.6 Å². The van der Waals surface area contributed by atoms with Gasteiger partial charge in [-0.25, -0.2) is 4.98 Å². The van der Waals surface area contributed by atoms with E-state index in [0.717, 1.165) is 45.8 Å². The maximum absolute atomic E-state index is 13.0. The maximum Gasteiger partial charge on any atom is 0.261 e. The van der Waals surface area contributed by atoms with E-state index in [1.54, 1.807) is 0 Å². The van der Waals surface area contributed by atoms with Crippen LogP contribution >= 0.6 is 27.3 Å². The number of carbonyl (C=O) groups is 2. The van der Waals surface area contributed by atoms with Gasteiger partial charge in [0.05, 0.1) is 10.9 Å². The van der Waals surface area contributed by atoms with Gasteiger partial charge in [0.25, 0.3) is 5.91 Å². The van der Waals surface area contributed by atoms with Crippen LogP contribution in [0.5, 0.6) is 0 Å². The third-order valence-electron chi connectivity index (χ3n) is 6.23. The number of halogens is 1. The highest BCUT2D eigenvalue weighted by Gasteiger charge is 2.29. The zero-order valence-corrected chi connectivity index (χ0v) is 20.5.